The molecule has 0 atom stereocenters. The van der Waals surface area contributed by atoms with Crippen LogP contribution >= 0.6 is 35.3 Å². The summed E-state index contributed by atoms with van der Waals surface area (Å²) in [6.07, 6.45) is 1.70. The lowest BCUT2D eigenvalue weighted by molar-refractivity contribution is -0.384. The molecule has 1 aromatic heterocycles. The Hall–Kier alpha value is -2.56. The van der Waals surface area contributed by atoms with Crippen molar-refractivity contribution in [2.24, 2.45) is 0 Å². The van der Waals surface area contributed by atoms with Crippen LogP contribution in [0.1, 0.15) is 15.2 Å². The zero-order valence-electron chi connectivity index (χ0n) is 12.4. The summed E-state index contributed by atoms with van der Waals surface area (Å²) in [6.45, 7) is 0. The fourth-order valence-electron chi connectivity index (χ4n) is 1.99. The Morgan fingerprint density at radius 2 is 2.12 bits per heavy atom. The highest BCUT2D eigenvalue weighted by Crippen LogP contribution is 2.32. The molecule has 3 rings (SSSR count). The van der Waals surface area contributed by atoms with Crippen molar-refractivity contribution in [2.45, 2.75) is 0 Å². The van der Waals surface area contributed by atoms with Crippen LogP contribution in [0.15, 0.2) is 46.7 Å². The largest absolute Gasteiger partial charge is 0.285 e. The van der Waals surface area contributed by atoms with Crippen molar-refractivity contribution in [2.75, 3.05) is 0 Å². The van der Waals surface area contributed by atoms with Gasteiger partial charge in [0, 0.05) is 22.6 Å². The van der Waals surface area contributed by atoms with Gasteiger partial charge >= 0.3 is 0 Å². The topological polar surface area (TPSA) is 92.6 Å². The van der Waals surface area contributed by atoms with E-state index in [1.807, 2.05) is 17.5 Å². The average molecular weight is 391 g/mol. The van der Waals surface area contributed by atoms with Crippen molar-refractivity contribution >= 4 is 63.2 Å². The summed E-state index contributed by atoms with van der Waals surface area (Å²) in [7, 11) is 0. The van der Waals surface area contributed by atoms with Gasteiger partial charge in [-0.2, -0.15) is 5.01 Å². The second-order valence-corrected chi connectivity index (χ2v) is 7.44. The summed E-state index contributed by atoms with van der Waals surface area (Å²) < 4.78 is 0.187. The van der Waals surface area contributed by atoms with Gasteiger partial charge in [0.05, 0.1) is 9.83 Å². The van der Waals surface area contributed by atoms with Crippen LogP contribution in [0.25, 0.3) is 6.08 Å². The fraction of sp³-hybridized carbons (Fsp3) is 0. The van der Waals surface area contributed by atoms with Crippen LogP contribution in [-0.2, 0) is 4.79 Å². The second-order valence-electron chi connectivity index (χ2n) is 4.78. The van der Waals surface area contributed by atoms with Gasteiger partial charge in [-0.1, -0.05) is 23.9 Å². The number of nitro benzene ring substituents is 1. The van der Waals surface area contributed by atoms with Crippen molar-refractivity contribution in [3.05, 3.63) is 67.2 Å². The van der Waals surface area contributed by atoms with E-state index in [9.17, 15) is 19.7 Å². The number of amides is 2. The highest BCUT2D eigenvalue weighted by Gasteiger charge is 2.34. The zero-order valence-corrected chi connectivity index (χ0v) is 14.8. The molecule has 1 aliphatic heterocycles. The molecule has 1 aromatic carbocycles. The van der Waals surface area contributed by atoms with Crippen LogP contribution in [0.4, 0.5) is 5.69 Å². The molecule has 1 fully saturated rings. The molecule has 2 aromatic rings. The molecule has 0 spiro atoms. The predicted octanol–water partition coefficient (Wildman–Crippen LogP) is 3.20. The van der Waals surface area contributed by atoms with Gasteiger partial charge < -0.3 is 0 Å². The molecule has 2 amide bonds. The first-order valence-corrected chi connectivity index (χ1v) is 8.93. The molecule has 0 unspecified atom stereocenters. The van der Waals surface area contributed by atoms with Crippen molar-refractivity contribution in [3.63, 3.8) is 0 Å². The lowest BCUT2D eigenvalue weighted by Gasteiger charge is -2.15. The Bertz CT molecular complexity index is 909. The first-order valence-electron chi connectivity index (χ1n) is 6.82. The molecule has 10 heteroatoms. The Balaban J connectivity index is 1.77. The van der Waals surface area contributed by atoms with Crippen LogP contribution in [0.3, 0.4) is 0 Å². The number of hydrogen-bond donors (Lipinski definition) is 1. The van der Waals surface area contributed by atoms with Gasteiger partial charge in [-0.15, -0.1) is 11.3 Å². The molecular formula is C15H9N3O4S3. The lowest BCUT2D eigenvalue weighted by Crippen LogP contribution is -2.44. The maximum absolute atomic E-state index is 12.4. The fourth-order valence-corrected chi connectivity index (χ4v) is 3.90. The quantitative estimate of drug-likeness (QED) is 0.372. The maximum atomic E-state index is 12.4. The van der Waals surface area contributed by atoms with Crippen molar-refractivity contribution in [3.8, 4) is 0 Å². The Morgan fingerprint density at radius 3 is 2.80 bits per heavy atom. The van der Waals surface area contributed by atoms with E-state index in [2.05, 4.69) is 5.43 Å². The summed E-state index contributed by atoms with van der Waals surface area (Å²) in [5.41, 5.74) is 2.24. The van der Waals surface area contributed by atoms with Gasteiger partial charge in [-0.25, -0.2) is 0 Å². The normalized spacial score (nSPS) is 15.7. The van der Waals surface area contributed by atoms with Gasteiger partial charge in [-0.3, -0.25) is 25.1 Å². The number of benzene rings is 1. The molecule has 2 heterocycles. The van der Waals surface area contributed by atoms with Gasteiger partial charge in [-0.05, 0) is 35.8 Å². The minimum absolute atomic E-state index is 0.0606. The molecule has 7 nitrogen and oxygen atoms in total. The van der Waals surface area contributed by atoms with Crippen LogP contribution < -0.4 is 5.43 Å². The van der Waals surface area contributed by atoms with E-state index < -0.39 is 16.7 Å². The molecule has 1 aliphatic rings. The highest BCUT2D eigenvalue weighted by atomic mass is 32.2. The first kappa shape index (κ1) is 17.3. The van der Waals surface area contributed by atoms with Crippen LogP contribution in [0, 0.1) is 10.1 Å². The second kappa shape index (κ2) is 7.13. The number of carbonyl (C=O) groups is 2. The van der Waals surface area contributed by atoms with E-state index in [1.54, 1.807) is 6.08 Å². The number of thioether (sulfide) groups is 1. The summed E-state index contributed by atoms with van der Waals surface area (Å²) in [6, 6.07) is 8.95. The number of hydrazine groups is 1. The zero-order chi connectivity index (χ0) is 18.0. The Kier molecular flexibility index (Phi) is 4.93. The van der Waals surface area contributed by atoms with Crippen molar-refractivity contribution < 1.29 is 14.5 Å². The van der Waals surface area contributed by atoms with E-state index >= 15 is 0 Å². The third-order valence-electron chi connectivity index (χ3n) is 3.14. The third kappa shape index (κ3) is 3.76. The number of nitrogens with zero attached hydrogens (tertiary/aromatic N) is 2. The van der Waals surface area contributed by atoms with Gasteiger partial charge in [0.15, 0.2) is 4.32 Å². The number of thiophene rings is 1. The first-order chi connectivity index (χ1) is 12.0. The molecule has 1 saturated heterocycles. The molecule has 0 aliphatic carbocycles. The monoisotopic (exact) mass is 391 g/mol. The number of nitro groups is 1. The summed E-state index contributed by atoms with van der Waals surface area (Å²) >= 11 is 7.69. The molecule has 25 heavy (non-hydrogen) atoms. The smallest absolute Gasteiger partial charge is 0.267 e. The number of thiocarbonyl (C=S) groups is 1. The molecule has 126 valence electrons. The Morgan fingerprint density at radius 1 is 1.32 bits per heavy atom. The van der Waals surface area contributed by atoms with E-state index in [4.69, 9.17) is 12.2 Å². The van der Waals surface area contributed by atoms with Crippen LogP contribution in [0.5, 0.6) is 0 Å². The minimum atomic E-state index is -0.655. The molecule has 1 N–H and O–H groups in total. The van der Waals surface area contributed by atoms with Crippen molar-refractivity contribution in [1.29, 1.82) is 0 Å². The SMILES string of the molecule is O=C(NN1C(=O)C(=Cc2cccs2)SC1=S)c1cccc([N+](=O)[O-])c1. The third-order valence-corrected chi connectivity index (χ3v) is 5.26. The summed E-state index contributed by atoms with van der Waals surface area (Å²) in [4.78, 5) is 36.2. The summed E-state index contributed by atoms with van der Waals surface area (Å²) in [5.74, 6) is -1.10. The predicted molar refractivity (Wildman–Crippen MR) is 99.9 cm³/mol. The van der Waals surface area contributed by atoms with Crippen LogP contribution in [0.2, 0.25) is 0 Å². The number of rotatable bonds is 4. The highest BCUT2D eigenvalue weighted by molar-refractivity contribution is 8.26. The molecular weight excluding hydrogens is 382 g/mol. The Labute approximate surface area is 155 Å². The van der Waals surface area contributed by atoms with E-state index in [1.165, 1.54) is 29.5 Å². The molecule has 0 radical (unpaired) electrons. The molecule has 0 saturated carbocycles. The average Bonchev–Trinajstić information content (AvgIpc) is 3.19. The van der Waals surface area contributed by atoms with E-state index in [0.29, 0.717) is 4.91 Å². The summed E-state index contributed by atoms with van der Waals surface area (Å²) in [5, 5.41) is 13.7. The maximum Gasteiger partial charge on any atom is 0.285 e. The molecule has 0 bridgehead atoms. The van der Waals surface area contributed by atoms with E-state index in [-0.39, 0.29) is 15.6 Å². The van der Waals surface area contributed by atoms with Crippen molar-refractivity contribution in [1.82, 2.24) is 10.4 Å². The standard InChI is InChI=1S/C15H9N3O4S3/c19-13(9-3-1-4-10(7-9)18(21)22)16-17-14(20)12(25-15(17)23)8-11-5-2-6-24-11/h1-8H,(H,16,19). The van der Waals surface area contributed by atoms with Gasteiger partial charge in [0.2, 0.25) is 0 Å². The number of nitrogens with one attached hydrogen (secondary N) is 1. The van der Waals surface area contributed by atoms with Crippen LogP contribution in [-0.4, -0.2) is 26.1 Å². The number of non-ortho nitro benzene ring substituents is 1. The number of carbonyl (C=O) groups excluding carboxylic acids is 2. The van der Waals surface area contributed by atoms with E-state index in [0.717, 1.165) is 27.7 Å². The minimum Gasteiger partial charge on any atom is -0.267 e. The lowest BCUT2D eigenvalue weighted by atomic mass is 10.2. The van der Waals surface area contributed by atoms with Gasteiger partial charge in [0.25, 0.3) is 17.5 Å². The van der Waals surface area contributed by atoms with Gasteiger partial charge in [0.1, 0.15) is 0 Å². The number of hydrogen-bond acceptors (Lipinski definition) is 7.